The van der Waals surface area contributed by atoms with E-state index in [1.165, 1.54) is 0 Å². The van der Waals surface area contributed by atoms with Gasteiger partial charge in [0.25, 0.3) is 5.91 Å². The number of ether oxygens (including phenoxy) is 2. The molecule has 2 amide bonds. The van der Waals surface area contributed by atoms with Gasteiger partial charge in [-0.15, -0.1) is 0 Å². The lowest BCUT2D eigenvalue weighted by atomic mass is 10.2. The molecule has 1 atom stereocenters. The van der Waals surface area contributed by atoms with Gasteiger partial charge in [0.1, 0.15) is 18.1 Å². The first-order chi connectivity index (χ1) is 16.2. The highest BCUT2D eigenvalue weighted by Gasteiger charge is 2.16. The predicted molar refractivity (Wildman–Crippen MR) is 124 cm³/mol. The van der Waals surface area contributed by atoms with Crippen molar-refractivity contribution in [2.45, 2.75) is 25.5 Å². The van der Waals surface area contributed by atoms with E-state index in [4.69, 9.17) is 13.9 Å². The fourth-order valence-electron chi connectivity index (χ4n) is 3.47. The molecule has 172 valence electrons. The van der Waals surface area contributed by atoms with Gasteiger partial charge >= 0.3 is 0 Å². The Bertz CT molecular complexity index is 1060. The lowest BCUT2D eigenvalue weighted by Crippen LogP contribution is -2.23. The third kappa shape index (κ3) is 6.85. The fourth-order valence-corrected chi connectivity index (χ4v) is 3.47. The quantitative estimate of drug-likeness (QED) is 0.435. The Morgan fingerprint density at radius 2 is 1.91 bits per heavy atom. The van der Waals surface area contributed by atoms with Crippen LogP contribution in [0.3, 0.4) is 0 Å². The lowest BCUT2D eigenvalue weighted by molar-refractivity contribution is -0.114. The maximum Gasteiger partial charge on any atom is 0.251 e. The first-order valence-electron chi connectivity index (χ1n) is 10.9. The number of rotatable bonds is 10. The highest BCUT2D eigenvalue weighted by atomic mass is 16.5. The highest BCUT2D eigenvalue weighted by molar-refractivity contribution is 5.96. The Morgan fingerprint density at radius 1 is 1.03 bits per heavy atom. The van der Waals surface area contributed by atoms with Crippen LogP contribution in [0, 0.1) is 0 Å². The zero-order valence-electron chi connectivity index (χ0n) is 18.2. The van der Waals surface area contributed by atoms with Crippen molar-refractivity contribution in [2.24, 2.45) is 0 Å². The van der Waals surface area contributed by atoms with Gasteiger partial charge in [-0.25, -0.2) is 0 Å². The minimum Gasteiger partial charge on any atom is -0.491 e. The van der Waals surface area contributed by atoms with Gasteiger partial charge in [-0.1, -0.05) is 12.1 Å². The molecule has 8 heteroatoms. The molecule has 1 aromatic heterocycles. The van der Waals surface area contributed by atoms with Gasteiger partial charge in [-0.3, -0.25) is 9.59 Å². The summed E-state index contributed by atoms with van der Waals surface area (Å²) in [6.45, 7) is 1.65. The van der Waals surface area contributed by atoms with E-state index in [9.17, 15) is 9.59 Å². The SMILES string of the molecule is O=C(CNc1cccc(C(=O)NCc2ccco2)c1)Nc1cccc(OCC2CCCO2)c1. The Labute approximate surface area is 192 Å². The molecule has 0 saturated carbocycles. The van der Waals surface area contributed by atoms with Crippen LogP contribution in [0.4, 0.5) is 11.4 Å². The maximum absolute atomic E-state index is 12.4. The topological polar surface area (TPSA) is 102 Å². The summed E-state index contributed by atoms with van der Waals surface area (Å²) in [5, 5.41) is 8.70. The Balaban J connectivity index is 1.24. The number of hydrogen-bond donors (Lipinski definition) is 3. The molecule has 0 spiro atoms. The van der Waals surface area contributed by atoms with Gasteiger partial charge in [0, 0.05) is 29.6 Å². The van der Waals surface area contributed by atoms with Gasteiger partial charge in [-0.05, 0) is 55.3 Å². The molecule has 1 aliphatic rings. The summed E-state index contributed by atoms with van der Waals surface area (Å²) >= 11 is 0. The normalized spacial score (nSPS) is 15.1. The van der Waals surface area contributed by atoms with E-state index < -0.39 is 0 Å². The molecule has 1 fully saturated rings. The van der Waals surface area contributed by atoms with Gasteiger partial charge < -0.3 is 29.8 Å². The van der Waals surface area contributed by atoms with Crippen LogP contribution in [-0.2, 0) is 16.1 Å². The molecule has 0 bridgehead atoms. The number of hydrogen-bond acceptors (Lipinski definition) is 6. The van der Waals surface area contributed by atoms with Crippen molar-refractivity contribution in [1.29, 1.82) is 0 Å². The van der Waals surface area contributed by atoms with Crippen LogP contribution in [0.2, 0.25) is 0 Å². The number of carbonyl (C=O) groups excluding carboxylic acids is 2. The van der Waals surface area contributed by atoms with Crippen LogP contribution in [-0.4, -0.2) is 37.7 Å². The zero-order valence-corrected chi connectivity index (χ0v) is 18.2. The summed E-state index contributed by atoms with van der Waals surface area (Å²) in [5.41, 5.74) is 1.81. The second-order valence-corrected chi connectivity index (χ2v) is 7.72. The molecule has 0 aliphatic carbocycles. The molecular formula is C25H27N3O5. The molecule has 1 aliphatic heterocycles. The largest absolute Gasteiger partial charge is 0.491 e. The molecule has 2 heterocycles. The van der Waals surface area contributed by atoms with Gasteiger partial charge in [0.15, 0.2) is 0 Å². The summed E-state index contributed by atoms with van der Waals surface area (Å²) in [6, 6.07) is 17.8. The van der Waals surface area contributed by atoms with Crippen LogP contribution in [0.15, 0.2) is 71.3 Å². The number of carbonyl (C=O) groups is 2. The van der Waals surface area contributed by atoms with Crippen LogP contribution < -0.4 is 20.7 Å². The fraction of sp³-hybridized carbons (Fsp3) is 0.280. The van der Waals surface area contributed by atoms with Crippen LogP contribution in [0.1, 0.15) is 29.0 Å². The second kappa shape index (κ2) is 11.2. The molecule has 3 N–H and O–H groups in total. The average molecular weight is 450 g/mol. The monoisotopic (exact) mass is 449 g/mol. The molecule has 3 aromatic rings. The summed E-state index contributed by atoms with van der Waals surface area (Å²) in [5.74, 6) is 0.929. The maximum atomic E-state index is 12.4. The van der Waals surface area contributed by atoms with Gasteiger partial charge in [0.2, 0.25) is 5.91 Å². The minimum atomic E-state index is -0.223. The smallest absolute Gasteiger partial charge is 0.251 e. The first-order valence-corrected chi connectivity index (χ1v) is 10.9. The lowest BCUT2D eigenvalue weighted by Gasteiger charge is -2.13. The highest BCUT2D eigenvalue weighted by Crippen LogP contribution is 2.20. The Hall–Kier alpha value is -3.78. The number of nitrogens with one attached hydrogen (secondary N) is 3. The van der Waals surface area contributed by atoms with Crippen molar-refractivity contribution in [3.8, 4) is 5.75 Å². The van der Waals surface area contributed by atoms with Crippen molar-refractivity contribution < 1.29 is 23.5 Å². The van der Waals surface area contributed by atoms with Crippen molar-refractivity contribution in [1.82, 2.24) is 5.32 Å². The number of furan rings is 1. The average Bonchev–Trinajstić information content (AvgIpc) is 3.55. The van der Waals surface area contributed by atoms with Gasteiger partial charge in [-0.2, -0.15) is 0 Å². The second-order valence-electron chi connectivity index (χ2n) is 7.72. The van der Waals surface area contributed by atoms with E-state index in [1.807, 2.05) is 12.1 Å². The van der Waals surface area contributed by atoms with Crippen molar-refractivity contribution in [3.05, 3.63) is 78.3 Å². The van der Waals surface area contributed by atoms with E-state index in [0.29, 0.717) is 41.6 Å². The summed E-state index contributed by atoms with van der Waals surface area (Å²) in [4.78, 5) is 24.8. The van der Waals surface area contributed by atoms with Crippen molar-refractivity contribution in [2.75, 3.05) is 30.4 Å². The summed E-state index contributed by atoms with van der Waals surface area (Å²) in [7, 11) is 0. The van der Waals surface area contributed by atoms with Crippen LogP contribution >= 0.6 is 0 Å². The Morgan fingerprint density at radius 3 is 2.73 bits per heavy atom. The molecule has 2 aromatic carbocycles. The van der Waals surface area contributed by atoms with E-state index in [1.54, 1.807) is 54.8 Å². The van der Waals surface area contributed by atoms with Crippen molar-refractivity contribution in [3.63, 3.8) is 0 Å². The van der Waals surface area contributed by atoms with E-state index >= 15 is 0 Å². The molecule has 4 rings (SSSR count). The molecule has 0 radical (unpaired) electrons. The number of anilines is 2. The van der Waals surface area contributed by atoms with E-state index in [2.05, 4.69) is 16.0 Å². The van der Waals surface area contributed by atoms with E-state index in [-0.39, 0.29) is 24.5 Å². The number of benzene rings is 2. The third-order valence-electron chi connectivity index (χ3n) is 5.16. The van der Waals surface area contributed by atoms with E-state index in [0.717, 1.165) is 19.4 Å². The molecule has 1 saturated heterocycles. The van der Waals surface area contributed by atoms with Crippen LogP contribution in [0.25, 0.3) is 0 Å². The molecule has 33 heavy (non-hydrogen) atoms. The van der Waals surface area contributed by atoms with Gasteiger partial charge in [0.05, 0.1) is 25.5 Å². The van der Waals surface area contributed by atoms with Crippen molar-refractivity contribution >= 4 is 23.2 Å². The predicted octanol–water partition coefficient (Wildman–Crippen LogP) is 3.82. The zero-order chi connectivity index (χ0) is 22.9. The number of amides is 2. The molecule has 1 unspecified atom stereocenters. The Kier molecular flexibility index (Phi) is 7.60. The third-order valence-corrected chi connectivity index (χ3v) is 5.16. The molecular weight excluding hydrogens is 422 g/mol. The minimum absolute atomic E-state index is 0.0540. The summed E-state index contributed by atoms with van der Waals surface area (Å²) < 4.78 is 16.6. The first kappa shape index (κ1) is 22.4. The summed E-state index contributed by atoms with van der Waals surface area (Å²) in [6.07, 6.45) is 3.77. The van der Waals surface area contributed by atoms with Crippen LogP contribution in [0.5, 0.6) is 5.75 Å². The standard InChI is InChI=1S/C25H27N3O5/c29-24(28-20-7-2-8-21(14-20)33-17-23-10-4-12-32-23)16-26-19-6-1-5-18(13-19)25(30)27-15-22-9-3-11-31-22/h1-3,5-9,11,13-14,23,26H,4,10,12,15-17H2,(H,27,30)(H,28,29). The molecule has 8 nitrogen and oxygen atoms in total.